The summed E-state index contributed by atoms with van der Waals surface area (Å²) in [7, 11) is 0. The van der Waals surface area contributed by atoms with E-state index in [0.29, 0.717) is 32.5 Å². The Balaban J connectivity index is 0.000000923. The Morgan fingerprint density at radius 3 is 0.547 bits per heavy atom. The summed E-state index contributed by atoms with van der Waals surface area (Å²) < 4.78 is 0. The zero-order valence-electron chi connectivity index (χ0n) is 45.8. The van der Waals surface area contributed by atoms with Crippen molar-refractivity contribution >= 4 is 0 Å². The second-order valence-electron chi connectivity index (χ2n) is 20.6. The fourth-order valence-corrected chi connectivity index (χ4v) is 10.7. The molecular formula is C63H105Cr. The van der Waals surface area contributed by atoms with Crippen LogP contribution in [0.1, 0.15) is 257 Å². The second-order valence-corrected chi connectivity index (χ2v) is 20.6. The summed E-state index contributed by atoms with van der Waals surface area (Å²) in [4.78, 5) is 0. The molecule has 3 aromatic rings. The maximum atomic E-state index is 2.46. The van der Waals surface area contributed by atoms with Gasteiger partial charge in [0.25, 0.3) is 0 Å². The van der Waals surface area contributed by atoms with E-state index in [2.05, 4.69) is 216 Å². The number of hydrogen-bond acceptors (Lipinski definition) is 0. The van der Waals surface area contributed by atoms with Gasteiger partial charge in [0.1, 0.15) is 0 Å². The Bertz CT molecular complexity index is 1320. The molecule has 1 radical (unpaired) electrons. The van der Waals surface area contributed by atoms with Gasteiger partial charge in [-0.2, -0.15) is 70.8 Å². The number of hydrogen-bond donors (Lipinski definition) is 0. The maximum Gasteiger partial charge on any atom is 3.00 e. The van der Waals surface area contributed by atoms with Crippen molar-refractivity contribution in [2.24, 2.45) is 32.5 Å². The molecule has 3 aromatic carbocycles. The van der Waals surface area contributed by atoms with Crippen LogP contribution in [0, 0.1) is 50.2 Å². The topological polar surface area (TPSA) is 0 Å². The largest absolute Gasteiger partial charge is 3.00 e. The molecule has 1 heteroatoms. The Labute approximate surface area is 413 Å². The van der Waals surface area contributed by atoms with Gasteiger partial charge in [0.15, 0.2) is 0 Å². The molecule has 0 amide bonds. The molecule has 0 fully saturated rings. The van der Waals surface area contributed by atoms with Crippen LogP contribution < -0.4 is 0 Å². The van der Waals surface area contributed by atoms with Crippen LogP contribution >= 0.6 is 0 Å². The van der Waals surface area contributed by atoms with Crippen LogP contribution in [0.5, 0.6) is 0 Å². The van der Waals surface area contributed by atoms with Gasteiger partial charge in [0.05, 0.1) is 0 Å². The quantitative estimate of drug-likeness (QED) is 0.0669. The monoisotopic (exact) mass is 914 g/mol. The van der Waals surface area contributed by atoms with Crippen molar-refractivity contribution in [3.8, 4) is 0 Å². The van der Waals surface area contributed by atoms with Gasteiger partial charge in [-0.05, 0) is 16.2 Å². The van der Waals surface area contributed by atoms with Crippen LogP contribution in [-0.4, -0.2) is 0 Å². The third kappa shape index (κ3) is 16.5. The average molecular weight is 915 g/mol. The average Bonchev–Trinajstić information content (AvgIpc) is 3.35. The van der Waals surface area contributed by atoms with Gasteiger partial charge in [-0.25, -0.2) is 0 Å². The Kier molecular flexibility index (Phi) is 29.2. The van der Waals surface area contributed by atoms with Crippen molar-refractivity contribution in [1.29, 1.82) is 0 Å². The molecule has 0 bridgehead atoms. The van der Waals surface area contributed by atoms with E-state index in [1.54, 1.807) is 17.8 Å². The zero-order valence-corrected chi connectivity index (χ0v) is 47.1. The van der Waals surface area contributed by atoms with Crippen LogP contribution in [0.4, 0.5) is 0 Å². The van der Waals surface area contributed by atoms with E-state index < -0.39 is 0 Å². The van der Waals surface area contributed by atoms with Gasteiger partial charge < -0.3 is 0 Å². The van der Waals surface area contributed by atoms with E-state index >= 15 is 0 Å². The second kappa shape index (κ2) is 30.2. The maximum absolute atomic E-state index is 2.46. The summed E-state index contributed by atoms with van der Waals surface area (Å²) in [5, 5.41) is 0. The molecule has 363 valence electrons. The predicted molar refractivity (Wildman–Crippen MR) is 286 cm³/mol. The molecule has 0 aliphatic rings. The molecular weight excluding hydrogens is 809 g/mol. The summed E-state index contributed by atoms with van der Waals surface area (Å²) >= 11 is 0. The van der Waals surface area contributed by atoms with Crippen molar-refractivity contribution in [2.45, 2.75) is 240 Å². The van der Waals surface area contributed by atoms with Gasteiger partial charge in [-0.1, -0.05) is 275 Å². The van der Waals surface area contributed by atoms with Crippen molar-refractivity contribution in [1.82, 2.24) is 0 Å². The van der Waals surface area contributed by atoms with Gasteiger partial charge in [0, 0.05) is 0 Å². The van der Waals surface area contributed by atoms with Crippen LogP contribution in [-0.2, 0) is 17.4 Å². The molecule has 0 saturated heterocycles. The molecule has 0 heterocycles. The standard InChI is InChI=1S/3C21H35.Cr/c3*1-7-20(6,8-2)17-19(18-15-13-12-14-16-18)21(9-3,10-4)11-5;/h3*12-16H,7-11,17H2,1-6H3;/q3*-1;+3. The molecule has 0 spiro atoms. The van der Waals surface area contributed by atoms with Crippen molar-refractivity contribution in [3.05, 3.63) is 125 Å². The van der Waals surface area contributed by atoms with Gasteiger partial charge >= 0.3 is 17.4 Å². The third-order valence-electron chi connectivity index (χ3n) is 18.3. The van der Waals surface area contributed by atoms with Crippen LogP contribution in [0.25, 0.3) is 0 Å². The first-order valence-corrected chi connectivity index (χ1v) is 26.8. The van der Waals surface area contributed by atoms with Gasteiger partial charge in [-0.3, -0.25) is 0 Å². The Morgan fingerprint density at radius 1 is 0.266 bits per heavy atom. The normalized spacial score (nSPS) is 12.3. The molecule has 0 aliphatic carbocycles. The van der Waals surface area contributed by atoms with Crippen LogP contribution in [0.2, 0.25) is 0 Å². The summed E-state index contributed by atoms with van der Waals surface area (Å²) in [6.07, 6.45) is 22.4. The molecule has 64 heavy (non-hydrogen) atoms. The number of benzene rings is 3. The summed E-state index contributed by atoms with van der Waals surface area (Å²) in [6, 6.07) is 33.4. The van der Waals surface area contributed by atoms with Gasteiger partial charge in [0.2, 0.25) is 0 Å². The molecule has 3 rings (SSSR count). The SMILES string of the molecule is CCC(C)(CC)C[C-](c1ccccc1)C(CC)(CC)CC.CCC(C)(CC)C[C-](c1ccccc1)C(CC)(CC)CC.CCC(C)(CC)C[C-](c1ccccc1)C(CC)(CC)CC.[Cr+3]. The summed E-state index contributed by atoms with van der Waals surface area (Å²) in [5.74, 6) is 5.09. The predicted octanol–water partition coefficient (Wildman–Crippen LogP) is 21.1. The Morgan fingerprint density at radius 2 is 0.422 bits per heavy atom. The molecule has 0 atom stereocenters. The first-order valence-electron chi connectivity index (χ1n) is 26.8. The molecule has 0 aromatic heterocycles. The first-order chi connectivity index (χ1) is 30.0. The van der Waals surface area contributed by atoms with Crippen molar-refractivity contribution < 1.29 is 17.4 Å². The molecule has 0 aliphatic heterocycles. The fraction of sp³-hybridized carbons (Fsp3) is 0.667. The molecule has 0 saturated carbocycles. The minimum Gasteiger partial charge on any atom is -0.188 e. The van der Waals surface area contributed by atoms with Crippen LogP contribution in [0.3, 0.4) is 0 Å². The Hall–Kier alpha value is -2.20. The first kappa shape index (κ1) is 61.8. The van der Waals surface area contributed by atoms with Crippen molar-refractivity contribution in [3.63, 3.8) is 0 Å². The number of rotatable bonds is 27. The smallest absolute Gasteiger partial charge is 0.188 e. The van der Waals surface area contributed by atoms with E-state index in [1.807, 2.05) is 0 Å². The van der Waals surface area contributed by atoms with E-state index in [4.69, 9.17) is 0 Å². The van der Waals surface area contributed by atoms with Crippen LogP contribution in [0.15, 0.2) is 91.0 Å². The summed E-state index contributed by atoms with van der Waals surface area (Å²) in [6.45, 7) is 42.7. The third-order valence-corrected chi connectivity index (χ3v) is 18.3. The van der Waals surface area contributed by atoms with E-state index in [-0.39, 0.29) is 17.4 Å². The molecule has 0 nitrogen and oxygen atoms in total. The minimum absolute atomic E-state index is 0. The van der Waals surface area contributed by atoms with E-state index in [1.165, 1.54) is 132 Å². The van der Waals surface area contributed by atoms with E-state index in [9.17, 15) is 0 Å². The van der Waals surface area contributed by atoms with Gasteiger partial charge in [-0.15, -0.1) is 36.4 Å². The fourth-order valence-electron chi connectivity index (χ4n) is 10.7. The zero-order chi connectivity index (χ0) is 47.8. The van der Waals surface area contributed by atoms with Crippen molar-refractivity contribution in [2.75, 3.05) is 0 Å². The summed E-state index contributed by atoms with van der Waals surface area (Å²) in [5.41, 5.74) is 6.79. The van der Waals surface area contributed by atoms with E-state index in [0.717, 1.165) is 0 Å². The minimum atomic E-state index is 0. The molecule has 0 N–H and O–H groups in total. The molecule has 0 unspecified atom stereocenters.